The van der Waals surface area contributed by atoms with Gasteiger partial charge in [-0.05, 0) is 75.2 Å². The lowest BCUT2D eigenvalue weighted by molar-refractivity contribution is 0.0772. The van der Waals surface area contributed by atoms with Crippen molar-refractivity contribution in [3.8, 4) is 5.75 Å². The van der Waals surface area contributed by atoms with Gasteiger partial charge in [0.05, 0.1) is 12.0 Å². The van der Waals surface area contributed by atoms with E-state index in [4.69, 9.17) is 4.74 Å². The molecule has 0 radical (unpaired) electrons. The molecule has 172 valence electrons. The highest BCUT2D eigenvalue weighted by molar-refractivity contribution is 7.89. The van der Waals surface area contributed by atoms with Gasteiger partial charge in [0.25, 0.3) is 5.91 Å². The van der Waals surface area contributed by atoms with E-state index in [2.05, 4.69) is 0 Å². The second-order valence-electron chi connectivity index (χ2n) is 7.77. The van der Waals surface area contributed by atoms with Gasteiger partial charge in [0.1, 0.15) is 5.75 Å². The summed E-state index contributed by atoms with van der Waals surface area (Å²) in [6.07, 6.45) is 0.950. The van der Waals surface area contributed by atoms with Crippen LogP contribution < -0.4 is 4.74 Å². The van der Waals surface area contributed by atoms with Gasteiger partial charge in [0.15, 0.2) is 5.78 Å². The smallest absolute Gasteiger partial charge is 0.253 e. The maximum Gasteiger partial charge on any atom is 0.253 e. The molecule has 0 aromatic heterocycles. The fourth-order valence-corrected chi connectivity index (χ4v) is 5.43. The van der Waals surface area contributed by atoms with Gasteiger partial charge in [-0.25, -0.2) is 8.42 Å². The molecule has 0 saturated carbocycles. The van der Waals surface area contributed by atoms with E-state index in [1.807, 2.05) is 13.8 Å². The van der Waals surface area contributed by atoms with E-state index < -0.39 is 10.0 Å². The number of methoxy groups -OCH3 is 1. The van der Waals surface area contributed by atoms with E-state index in [-0.39, 0.29) is 35.6 Å². The second-order valence-corrected chi connectivity index (χ2v) is 9.71. The van der Waals surface area contributed by atoms with Crippen molar-refractivity contribution >= 4 is 21.7 Å². The number of rotatable bonds is 8. The van der Waals surface area contributed by atoms with Gasteiger partial charge in [-0.1, -0.05) is 0 Å². The Morgan fingerprint density at radius 1 is 0.938 bits per heavy atom. The molecule has 1 fully saturated rings. The number of amides is 1. The number of ether oxygens (including phenoxy) is 1. The molecule has 2 aromatic carbocycles. The van der Waals surface area contributed by atoms with Crippen LogP contribution >= 0.6 is 0 Å². The summed E-state index contributed by atoms with van der Waals surface area (Å²) in [6, 6.07) is 13.1. The third-order valence-electron chi connectivity index (χ3n) is 5.99. The first-order valence-electron chi connectivity index (χ1n) is 10.9. The Labute approximate surface area is 190 Å². The van der Waals surface area contributed by atoms with Crippen LogP contribution in [0.15, 0.2) is 53.4 Å². The lowest BCUT2D eigenvalue weighted by Crippen LogP contribution is -2.40. The average Bonchev–Trinajstić information content (AvgIpc) is 2.84. The number of nitrogens with zero attached hydrogens (tertiary/aromatic N) is 2. The van der Waals surface area contributed by atoms with Crippen molar-refractivity contribution in [1.29, 1.82) is 0 Å². The topological polar surface area (TPSA) is 84.0 Å². The molecule has 0 atom stereocenters. The largest absolute Gasteiger partial charge is 0.497 e. The van der Waals surface area contributed by atoms with E-state index in [1.165, 1.54) is 16.4 Å². The van der Waals surface area contributed by atoms with Crippen molar-refractivity contribution in [3.63, 3.8) is 0 Å². The number of ketones is 1. The van der Waals surface area contributed by atoms with E-state index in [1.54, 1.807) is 48.4 Å². The highest BCUT2D eigenvalue weighted by Crippen LogP contribution is 2.27. The third kappa shape index (κ3) is 5.02. The van der Waals surface area contributed by atoms with Crippen molar-refractivity contribution in [2.24, 2.45) is 5.92 Å². The Morgan fingerprint density at radius 3 is 1.97 bits per heavy atom. The quantitative estimate of drug-likeness (QED) is 0.566. The van der Waals surface area contributed by atoms with Crippen molar-refractivity contribution < 1.29 is 22.7 Å². The van der Waals surface area contributed by atoms with Gasteiger partial charge in [-0.2, -0.15) is 4.31 Å². The zero-order valence-corrected chi connectivity index (χ0v) is 19.6. The van der Waals surface area contributed by atoms with E-state index in [0.717, 1.165) is 0 Å². The molecule has 2 aromatic rings. The molecule has 0 N–H and O–H groups in total. The van der Waals surface area contributed by atoms with Gasteiger partial charge in [-0.3, -0.25) is 9.59 Å². The minimum Gasteiger partial charge on any atom is -0.497 e. The molecule has 1 aliphatic heterocycles. The zero-order valence-electron chi connectivity index (χ0n) is 18.8. The molecule has 1 aliphatic rings. The maximum atomic E-state index is 13.1. The molecule has 1 heterocycles. The van der Waals surface area contributed by atoms with Gasteiger partial charge < -0.3 is 9.64 Å². The number of carbonyl (C=O) groups is 2. The number of piperidine rings is 1. The minimum atomic E-state index is -3.68. The van der Waals surface area contributed by atoms with E-state index in [9.17, 15) is 18.0 Å². The molecule has 0 bridgehead atoms. The van der Waals surface area contributed by atoms with Crippen LogP contribution in [0.1, 0.15) is 47.4 Å². The zero-order chi connectivity index (χ0) is 23.3. The van der Waals surface area contributed by atoms with Crippen LogP contribution in [0, 0.1) is 5.92 Å². The maximum absolute atomic E-state index is 13.1. The van der Waals surface area contributed by atoms with Crippen molar-refractivity contribution in [1.82, 2.24) is 9.21 Å². The van der Waals surface area contributed by atoms with Gasteiger partial charge in [0, 0.05) is 43.2 Å². The number of hydrogen-bond acceptors (Lipinski definition) is 5. The Morgan fingerprint density at radius 2 is 1.47 bits per heavy atom. The van der Waals surface area contributed by atoms with Crippen LogP contribution in [0.25, 0.3) is 0 Å². The Kier molecular flexibility index (Phi) is 7.69. The van der Waals surface area contributed by atoms with Crippen LogP contribution in [-0.4, -0.2) is 62.6 Å². The lowest BCUT2D eigenvalue weighted by atomic mass is 9.89. The van der Waals surface area contributed by atoms with Gasteiger partial charge >= 0.3 is 0 Å². The highest BCUT2D eigenvalue weighted by Gasteiger charge is 2.32. The molecule has 0 unspecified atom stereocenters. The molecular formula is C24H30N2O5S. The summed E-state index contributed by atoms with van der Waals surface area (Å²) in [5.74, 6) is 0.400. The fraction of sp³-hybridized carbons (Fsp3) is 0.417. The summed E-state index contributed by atoms with van der Waals surface area (Å²) in [5.41, 5.74) is 1.08. The molecule has 1 saturated heterocycles. The molecule has 7 nitrogen and oxygen atoms in total. The SMILES string of the molecule is CCN(CC)C(=O)c1ccc(S(=O)(=O)N2CCC(C(=O)c3ccc(OC)cc3)CC2)cc1. The first-order valence-corrected chi connectivity index (χ1v) is 12.3. The average molecular weight is 459 g/mol. The van der Waals surface area contributed by atoms with Crippen molar-refractivity contribution in [2.75, 3.05) is 33.3 Å². The number of benzene rings is 2. The lowest BCUT2D eigenvalue weighted by Gasteiger charge is -2.30. The van der Waals surface area contributed by atoms with Gasteiger partial charge in [0.2, 0.25) is 10.0 Å². The van der Waals surface area contributed by atoms with E-state index >= 15 is 0 Å². The molecular weight excluding hydrogens is 428 g/mol. The number of Topliss-reactive ketones (excluding diaryl/α,β-unsaturated/α-hetero) is 1. The molecule has 32 heavy (non-hydrogen) atoms. The van der Waals surface area contributed by atoms with Crippen LogP contribution in [0.3, 0.4) is 0 Å². The van der Waals surface area contributed by atoms with E-state index in [0.29, 0.717) is 42.8 Å². The summed E-state index contributed by atoms with van der Waals surface area (Å²) in [6.45, 7) is 5.58. The standard InChI is InChI=1S/C24H30N2O5S/c1-4-25(5-2)24(28)20-8-12-22(13-9-20)32(29,30)26-16-14-19(15-17-26)23(27)18-6-10-21(31-3)11-7-18/h6-13,19H,4-5,14-17H2,1-3H3. The second kappa shape index (κ2) is 10.3. The Balaban J connectivity index is 1.65. The molecule has 8 heteroatoms. The molecule has 3 rings (SSSR count). The summed E-state index contributed by atoms with van der Waals surface area (Å²) in [7, 11) is -2.11. The van der Waals surface area contributed by atoms with Crippen molar-refractivity contribution in [3.05, 3.63) is 59.7 Å². The number of hydrogen-bond donors (Lipinski definition) is 0. The summed E-state index contributed by atoms with van der Waals surface area (Å²) >= 11 is 0. The Bertz CT molecular complexity index is 1040. The predicted molar refractivity (Wildman–Crippen MR) is 123 cm³/mol. The third-order valence-corrected chi connectivity index (χ3v) is 7.90. The highest BCUT2D eigenvalue weighted by atomic mass is 32.2. The Hall–Kier alpha value is -2.71. The monoisotopic (exact) mass is 458 g/mol. The number of sulfonamides is 1. The van der Waals surface area contributed by atoms with Crippen molar-refractivity contribution in [2.45, 2.75) is 31.6 Å². The molecule has 0 aliphatic carbocycles. The normalized spacial score (nSPS) is 15.3. The summed E-state index contributed by atoms with van der Waals surface area (Å²) in [4.78, 5) is 27.1. The summed E-state index contributed by atoms with van der Waals surface area (Å²) < 4.78 is 32.7. The van der Waals surface area contributed by atoms with Crippen LogP contribution in [0.2, 0.25) is 0 Å². The minimum absolute atomic E-state index is 0.0315. The predicted octanol–water partition coefficient (Wildman–Crippen LogP) is 3.46. The fourth-order valence-electron chi connectivity index (χ4n) is 3.96. The van der Waals surface area contributed by atoms with Crippen LogP contribution in [0.5, 0.6) is 5.75 Å². The van der Waals surface area contributed by atoms with Crippen LogP contribution in [0.4, 0.5) is 0 Å². The molecule has 0 spiro atoms. The van der Waals surface area contributed by atoms with Crippen LogP contribution in [-0.2, 0) is 10.0 Å². The first kappa shape index (κ1) is 23.9. The molecule has 1 amide bonds. The summed E-state index contributed by atoms with van der Waals surface area (Å²) in [5, 5.41) is 0. The first-order chi connectivity index (χ1) is 15.3. The van der Waals surface area contributed by atoms with Gasteiger partial charge in [-0.15, -0.1) is 0 Å². The number of carbonyl (C=O) groups excluding carboxylic acids is 2.